The van der Waals surface area contributed by atoms with Crippen LogP contribution in [0.4, 0.5) is 0 Å². The second-order valence-electron chi connectivity index (χ2n) is 3.59. The first-order valence-corrected chi connectivity index (χ1v) is 4.89. The maximum absolute atomic E-state index is 10.8. The van der Waals surface area contributed by atoms with Crippen molar-refractivity contribution < 1.29 is 19.8 Å². The Hall–Kier alpha value is -1.62. The molecule has 0 bridgehead atoms. The molecule has 90 valence electrons. The van der Waals surface area contributed by atoms with E-state index in [4.69, 9.17) is 10.2 Å². The zero-order valence-electron chi connectivity index (χ0n) is 9.73. The molecule has 0 aliphatic rings. The number of rotatable bonds is 6. The smallest absolute Gasteiger partial charge is 0.332 e. The molecule has 0 aliphatic heterocycles. The third-order valence-corrected chi connectivity index (χ3v) is 1.90. The van der Waals surface area contributed by atoms with Gasteiger partial charge in [-0.15, -0.1) is 0 Å². The SMILES string of the molecule is CCC(=CC=C(CN(C)C)C(=O)O)C(=O)O. The van der Waals surface area contributed by atoms with Gasteiger partial charge in [-0.2, -0.15) is 0 Å². The fourth-order valence-electron chi connectivity index (χ4n) is 1.07. The van der Waals surface area contributed by atoms with E-state index in [9.17, 15) is 9.59 Å². The first-order chi connectivity index (χ1) is 7.38. The highest BCUT2D eigenvalue weighted by molar-refractivity contribution is 5.89. The van der Waals surface area contributed by atoms with Gasteiger partial charge in [-0.05, 0) is 26.6 Å². The van der Waals surface area contributed by atoms with Gasteiger partial charge in [0, 0.05) is 12.1 Å². The standard InChI is InChI=1S/C11H17NO4/c1-4-8(10(13)14)5-6-9(11(15)16)7-12(2)3/h5-6H,4,7H2,1-3H3,(H,13,14)(H,15,16). The maximum Gasteiger partial charge on any atom is 0.332 e. The number of hydrogen-bond acceptors (Lipinski definition) is 3. The molecule has 0 fully saturated rings. The molecule has 5 heteroatoms. The van der Waals surface area contributed by atoms with Crippen LogP contribution in [0.15, 0.2) is 23.3 Å². The minimum Gasteiger partial charge on any atom is -0.478 e. The van der Waals surface area contributed by atoms with E-state index in [2.05, 4.69) is 0 Å². The van der Waals surface area contributed by atoms with Crippen molar-refractivity contribution in [1.29, 1.82) is 0 Å². The van der Waals surface area contributed by atoms with Gasteiger partial charge in [-0.1, -0.05) is 13.0 Å². The van der Waals surface area contributed by atoms with Gasteiger partial charge in [0.1, 0.15) is 0 Å². The van der Waals surface area contributed by atoms with Crippen LogP contribution in [0, 0.1) is 0 Å². The first-order valence-electron chi connectivity index (χ1n) is 4.89. The lowest BCUT2D eigenvalue weighted by Crippen LogP contribution is -2.19. The lowest BCUT2D eigenvalue weighted by molar-refractivity contribution is -0.133. The van der Waals surface area contributed by atoms with Crippen molar-refractivity contribution in [3.05, 3.63) is 23.3 Å². The van der Waals surface area contributed by atoms with E-state index in [1.54, 1.807) is 25.9 Å². The third kappa shape index (κ3) is 5.31. The summed E-state index contributed by atoms with van der Waals surface area (Å²) in [7, 11) is 3.50. The van der Waals surface area contributed by atoms with Crippen molar-refractivity contribution >= 4 is 11.9 Å². The average Bonchev–Trinajstić information content (AvgIpc) is 2.15. The summed E-state index contributed by atoms with van der Waals surface area (Å²) in [6.45, 7) is 1.97. The number of carboxylic acids is 2. The molecule has 0 unspecified atom stereocenters. The Kier molecular flexibility index (Phi) is 6.10. The summed E-state index contributed by atoms with van der Waals surface area (Å²) in [6, 6.07) is 0. The highest BCUT2D eigenvalue weighted by Crippen LogP contribution is 2.04. The number of allylic oxidation sites excluding steroid dienone is 2. The number of aliphatic carboxylic acids is 2. The summed E-state index contributed by atoms with van der Waals surface area (Å²) < 4.78 is 0. The predicted octanol–water partition coefficient (Wildman–Crippen LogP) is 0.980. The molecule has 0 aromatic carbocycles. The highest BCUT2D eigenvalue weighted by atomic mass is 16.4. The minimum atomic E-state index is -1.04. The lowest BCUT2D eigenvalue weighted by atomic mass is 10.1. The molecule has 0 aromatic heterocycles. The molecule has 0 heterocycles. The second kappa shape index (κ2) is 6.79. The molecule has 0 atom stereocenters. The van der Waals surface area contributed by atoms with E-state index in [0.717, 1.165) is 0 Å². The fraction of sp³-hybridized carbons (Fsp3) is 0.455. The summed E-state index contributed by atoms with van der Waals surface area (Å²) in [5.74, 6) is -2.06. The van der Waals surface area contributed by atoms with Gasteiger partial charge < -0.3 is 15.1 Å². The first kappa shape index (κ1) is 14.4. The monoisotopic (exact) mass is 227 g/mol. The van der Waals surface area contributed by atoms with Crippen LogP contribution in [0.1, 0.15) is 13.3 Å². The van der Waals surface area contributed by atoms with Crippen molar-refractivity contribution in [2.24, 2.45) is 0 Å². The Bertz CT molecular complexity index is 329. The highest BCUT2D eigenvalue weighted by Gasteiger charge is 2.08. The van der Waals surface area contributed by atoms with E-state index in [0.29, 0.717) is 6.42 Å². The molecule has 5 nitrogen and oxygen atoms in total. The molecule has 0 saturated carbocycles. The van der Waals surface area contributed by atoms with Gasteiger partial charge in [-0.3, -0.25) is 0 Å². The fourth-order valence-corrected chi connectivity index (χ4v) is 1.07. The van der Waals surface area contributed by atoms with E-state index >= 15 is 0 Å². The van der Waals surface area contributed by atoms with Crippen LogP contribution in [0.3, 0.4) is 0 Å². The Morgan fingerprint density at radius 2 is 1.50 bits per heavy atom. The quantitative estimate of drug-likeness (QED) is 0.522. The predicted molar refractivity (Wildman–Crippen MR) is 60.3 cm³/mol. The number of carboxylic acid groups (broad SMARTS) is 2. The lowest BCUT2D eigenvalue weighted by Gasteiger charge is -2.09. The van der Waals surface area contributed by atoms with E-state index in [1.165, 1.54) is 12.2 Å². The molecular formula is C11H17NO4. The van der Waals surface area contributed by atoms with Gasteiger partial charge in [0.2, 0.25) is 0 Å². The van der Waals surface area contributed by atoms with Gasteiger partial charge in [0.05, 0.1) is 5.57 Å². The van der Waals surface area contributed by atoms with E-state index < -0.39 is 11.9 Å². The molecular weight excluding hydrogens is 210 g/mol. The Morgan fingerprint density at radius 1 is 1.06 bits per heavy atom. The van der Waals surface area contributed by atoms with Crippen LogP contribution < -0.4 is 0 Å². The molecule has 0 saturated heterocycles. The van der Waals surface area contributed by atoms with Gasteiger partial charge >= 0.3 is 11.9 Å². The van der Waals surface area contributed by atoms with Crippen LogP contribution in [-0.2, 0) is 9.59 Å². The topological polar surface area (TPSA) is 77.8 Å². The molecule has 0 rings (SSSR count). The summed E-state index contributed by atoms with van der Waals surface area (Å²) in [5, 5.41) is 17.6. The number of hydrogen-bond donors (Lipinski definition) is 2. The van der Waals surface area contributed by atoms with Crippen molar-refractivity contribution in [3.63, 3.8) is 0 Å². The Balaban J connectivity index is 4.92. The van der Waals surface area contributed by atoms with Crippen LogP contribution >= 0.6 is 0 Å². The van der Waals surface area contributed by atoms with Crippen molar-refractivity contribution in [2.45, 2.75) is 13.3 Å². The van der Waals surface area contributed by atoms with Crippen molar-refractivity contribution in [1.82, 2.24) is 4.90 Å². The van der Waals surface area contributed by atoms with E-state index in [-0.39, 0.29) is 17.7 Å². The van der Waals surface area contributed by atoms with Crippen molar-refractivity contribution in [2.75, 3.05) is 20.6 Å². The van der Waals surface area contributed by atoms with Crippen LogP contribution in [0.2, 0.25) is 0 Å². The number of carbonyl (C=O) groups is 2. The molecule has 0 aromatic rings. The molecule has 0 amide bonds. The minimum absolute atomic E-state index is 0.164. The van der Waals surface area contributed by atoms with Gasteiger partial charge in [-0.25, -0.2) is 9.59 Å². The second-order valence-corrected chi connectivity index (χ2v) is 3.59. The van der Waals surface area contributed by atoms with Crippen molar-refractivity contribution in [3.8, 4) is 0 Å². The van der Waals surface area contributed by atoms with E-state index in [1.807, 2.05) is 0 Å². The zero-order chi connectivity index (χ0) is 12.7. The molecule has 16 heavy (non-hydrogen) atoms. The van der Waals surface area contributed by atoms with Crippen LogP contribution in [0.25, 0.3) is 0 Å². The van der Waals surface area contributed by atoms with Crippen LogP contribution in [0.5, 0.6) is 0 Å². The molecule has 2 N–H and O–H groups in total. The maximum atomic E-state index is 10.8. The number of likely N-dealkylation sites (N-methyl/N-ethyl adjacent to an activating group) is 1. The summed E-state index contributed by atoms with van der Waals surface area (Å²) in [4.78, 5) is 23.2. The molecule has 0 aliphatic carbocycles. The summed E-state index contributed by atoms with van der Waals surface area (Å²) in [6.07, 6.45) is 3.05. The Morgan fingerprint density at radius 3 is 1.81 bits per heavy atom. The average molecular weight is 227 g/mol. The largest absolute Gasteiger partial charge is 0.478 e. The molecule has 0 radical (unpaired) electrons. The molecule has 0 spiro atoms. The number of nitrogens with zero attached hydrogens (tertiary/aromatic N) is 1. The normalized spacial score (nSPS) is 13.0. The summed E-state index contributed by atoms with van der Waals surface area (Å²) in [5.41, 5.74) is 0.356. The van der Waals surface area contributed by atoms with Gasteiger partial charge in [0.15, 0.2) is 0 Å². The Labute approximate surface area is 94.7 Å². The van der Waals surface area contributed by atoms with Gasteiger partial charge in [0.25, 0.3) is 0 Å². The zero-order valence-corrected chi connectivity index (χ0v) is 9.73. The van der Waals surface area contributed by atoms with Crippen LogP contribution in [-0.4, -0.2) is 47.7 Å². The third-order valence-electron chi connectivity index (χ3n) is 1.90. The summed E-state index contributed by atoms with van der Waals surface area (Å²) >= 11 is 0.